The summed E-state index contributed by atoms with van der Waals surface area (Å²) in [6, 6.07) is 5.52. The number of aromatic carboxylic acids is 1. The highest BCUT2D eigenvalue weighted by molar-refractivity contribution is 6.31. The molecule has 0 saturated carbocycles. The normalized spacial score (nSPS) is 12.8. The zero-order valence-electron chi connectivity index (χ0n) is 14.2. The van der Waals surface area contributed by atoms with Crippen molar-refractivity contribution in [2.45, 2.75) is 13.3 Å². The standard InChI is InChI=1S/C20H16O6/c1-3-4-6-10-15-12(9-14(26-2)17(10)20(24)25)18(22)11-7-5-8-13(21)16(11)19(15)23/h4-9,21H,3H2,1-2H3,(H,24,25)/b6-4+. The van der Waals surface area contributed by atoms with E-state index in [1.54, 1.807) is 6.08 Å². The second-order valence-corrected chi connectivity index (χ2v) is 5.76. The molecule has 3 rings (SSSR count). The number of benzene rings is 2. The highest BCUT2D eigenvalue weighted by Crippen LogP contribution is 2.39. The molecule has 0 unspecified atom stereocenters. The number of hydrogen-bond acceptors (Lipinski definition) is 5. The molecule has 6 nitrogen and oxygen atoms in total. The number of methoxy groups -OCH3 is 1. The van der Waals surface area contributed by atoms with Crippen molar-refractivity contribution in [1.82, 2.24) is 0 Å². The fraction of sp³-hybridized carbons (Fsp3) is 0.150. The van der Waals surface area contributed by atoms with Gasteiger partial charge in [-0.2, -0.15) is 0 Å². The zero-order valence-corrected chi connectivity index (χ0v) is 14.2. The Kier molecular flexibility index (Phi) is 4.34. The molecular formula is C20H16O6. The Balaban J connectivity index is 2.44. The van der Waals surface area contributed by atoms with Gasteiger partial charge in [0.25, 0.3) is 0 Å². The first-order valence-electron chi connectivity index (χ1n) is 7.98. The minimum atomic E-state index is -1.27. The Morgan fingerprint density at radius 1 is 1.15 bits per heavy atom. The fourth-order valence-corrected chi connectivity index (χ4v) is 3.12. The number of ketones is 2. The summed E-state index contributed by atoms with van der Waals surface area (Å²) in [6.07, 6.45) is 3.80. The molecule has 0 aliphatic heterocycles. The Morgan fingerprint density at radius 3 is 2.50 bits per heavy atom. The van der Waals surface area contributed by atoms with Gasteiger partial charge in [-0.15, -0.1) is 0 Å². The number of hydrogen-bond donors (Lipinski definition) is 2. The van der Waals surface area contributed by atoms with Gasteiger partial charge in [0.05, 0.1) is 12.7 Å². The van der Waals surface area contributed by atoms with E-state index in [9.17, 15) is 24.6 Å². The van der Waals surface area contributed by atoms with Gasteiger partial charge in [-0.25, -0.2) is 4.79 Å². The second kappa shape index (κ2) is 6.48. The van der Waals surface area contributed by atoms with Crippen LogP contribution in [0.2, 0.25) is 0 Å². The molecular weight excluding hydrogens is 336 g/mol. The van der Waals surface area contributed by atoms with Crippen LogP contribution in [0.5, 0.6) is 11.5 Å². The van der Waals surface area contributed by atoms with Crippen LogP contribution in [0.1, 0.15) is 61.1 Å². The summed E-state index contributed by atoms with van der Waals surface area (Å²) in [4.78, 5) is 37.7. The first-order chi connectivity index (χ1) is 12.4. The largest absolute Gasteiger partial charge is 0.507 e. The molecule has 0 aromatic heterocycles. The van der Waals surface area contributed by atoms with Crippen molar-refractivity contribution >= 4 is 23.6 Å². The SMILES string of the molecule is CC/C=C/c1c(C(=O)O)c(OC)cc2c1C(=O)c1c(O)cccc1C2=O. The van der Waals surface area contributed by atoms with Crippen LogP contribution in [0.25, 0.3) is 6.08 Å². The quantitative estimate of drug-likeness (QED) is 0.747. The van der Waals surface area contributed by atoms with E-state index in [1.165, 1.54) is 37.5 Å². The maximum atomic E-state index is 13.1. The van der Waals surface area contributed by atoms with Crippen molar-refractivity contribution in [2.24, 2.45) is 0 Å². The smallest absolute Gasteiger partial charge is 0.340 e. The average Bonchev–Trinajstić information content (AvgIpc) is 2.62. The van der Waals surface area contributed by atoms with Crippen molar-refractivity contribution in [3.63, 3.8) is 0 Å². The summed E-state index contributed by atoms with van der Waals surface area (Å²) in [6.45, 7) is 1.86. The van der Waals surface area contributed by atoms with Crippen LogP contribution in [0.15, 0.2) is 30.3 Å². The van der Waals surface area contributed by atoms with Gasteiger partial charge in [-0.05, 0) is 18.6 Å². The molecule has 0 saturated heterocycles. The number of rotatable bonds is 4. The van der Waals surface area contributed by atoms with Crippen LogP contribution in [-0.4, -0.2) is 34.9 Å². The third kappa shape index (κ3) is 2.47. The zero-order chi connectivity index (χ0) is 19.0. The van der Waals surface area contributed by atoms with Crippen LogP contribution >= 0.6 is 0 Å². The summed E-state index contributed by atoms with van der Waals surface area (Å²) in [5.41, 5.74) is -0.106. The minimum absolute atomic E-state index is 0.00300. The molecule has 0 atom stereocenters. The Labute approximate surface area is 149 Å². The third-order valence-corrected chi connectivity index (χ3v) is 4.27. The first-order valence-corrected chi connectivity index (χ1v) is 7.98. The number of carbonyl (C=O) groups excluding carboxylic acids is 2. The predicted molar refractivity (Wildman–Crippen MR) is 94.3 cm³/mol. The van der Waals surface area contributed by atoms with E-state index >= 15 is 0 Å². The van der Waals surface area contributed by atoms with Gasteiger partial charge in [0, 0.05) is 22.3 Å². The molecule has 26 heavy (non-hydrogen) atoms. The molecule has 1 aliphatic carbocycles. The molecule has 2 aromatic rings. The molecule has 2 N–H and O–H groups in total. The van der Waals surface area contributed by atoms with Gasteiger partial charge in [0.1, 0.15) is 17.1 Å². The van der Waals surface area contributed by atoms with E-state index < -0.39 is 17.5 Å². The lowest BCUT2D eigenvalue weighted by molar-refractivity contribution is 0.0692. The lowest BCUT2D eigenvalue weighted by atomic mass is 9.79. The number of allylic oxidation sites excluding steroid dienone is 1. The van der Waals surface area contributed by atoms with Crippen molar-refractivity contribution in [1.29, 1.82) is 0 Å². The number of phenolic OH excluding ortho intramolecular Hbond substituents is 1. The topological polar surface area (TPSA) is 101 Å². The molecule has 0 fully saturated rings. The van der Waals surface area contributed by atoms with Gasteiger partial charge in [-0.1, -0.05) is 31.2 Å². The summed E-state index contributed by atoms with van der Waals surface area (Å²) >= 11 is 0. The van der Waals surface area contributed by atoms with E-state index in [1.807, 2.05) is 6.92 Å². The molecule has 1 aliphatic rings. The van der Waals surface area contributed by atoms with Gasteiger partial charge in [-0.3, -0.25) is 9.59 Å². The number of carboxylic acids is 1. The van der Waals surface area contributed by atoms with Crippen LogP contribution < -0.4 is 4.74 Å². The van der Waals surface area contributed by atoms with Crippen LogP contribution in [0.3, 0.4) is 0 Å². The van der Waals surface area contributed by atoms with Gasteiger partial charge in [0.15, 0.2) is 11.6 Å². The van der Waals surface area contributed by atoms with Gasteiger partial charge < -0.3 is 14.9 Å². The summed E-state index contributed by atoms with van der Waals surface area (Å²) in [7, 11) is 1.30. The summed E-state index contributed by atoms with van der Waals surface area (Å²) < 4.78 is 5.16. The van der Waals surface area contributed by atoms with E-state index in [4.69, 9.17) is 4.74 Å². The van der Waals surface area contributed by atoms with E-state index in [0.717, 1.165) is 0 Å². The van der Waals surface area contributed by atoms with Crippen molar-refractivity contribution in [2.75, 3.05) is 7.11 Å². The Bertz CT molecular complexity index is 984. The van der Waals surface area contributed by atoms with Crippen LogP contribution in [0.4, 0.5) is 0 Å². The highest BCUT2D eigenvalue weighted by atomic mass is 16.5. The second-order valence-electron chi connectivity index (χ2n) is 5.76. The lowest BCUT2D eigenvalue weighted by Gasteiger charge is -2.22. The Hall–Kier alpha value is -3.41. The minimum Gasteiger partial charge on any atom is -0.507 e. The average molecular weight is 352 g/mol. The van der Waals surface area contributed by atoms with Crippen LogP contribution in [0, 0.1) is 0 Å². The lowest BCUT2D eigenvalue weighted by Crippen LogP contribution is -2.24. The number of aromatic hydroxyl groups is 1. The number of phenols is 1. The van der Waals surface area contributed by atoms with E-state index in [-0.39, 0.29) is 44.9 Å². The van der Waals surface area contributed by atoms with E-state index in [0.29, 0.717) is 6.42 Å². The van der Waals surface area contributed by atoms with Crippen molar-refractivity contribution in [3.05, 3.63) is 63.7 Å². The van der Waals surface area contributed by atoms with Gasteiger partial charge in [0.2, 0.25) is 0 Å². The maximum Gasteiger partial charge on any atom is 0.340 e. The summed E-state index contributed by atoms with van der Waals surface area (Å²) in [5, 5.41) is 19.7. The molecule has 0 amide bonds. The number of fused-ring (bicyclic) bond motifs is 2. The first kappa shape index (κ1) is 17.4. The highest BCUT2D eigenvalue weighted by Gasteiger charge is 2.36. The van der Waals surface area contributed by atoms with E-state index in [2.05, 4.69) is 0 Å². The van der Waals surface area contributed by atoms with Crippen molar-refractivity contribution in [3.8, 4) is 11.5 Å². The fourth-order valence-electron chi connectivity index (χ4n) is 3.12. The molecule has 6 heteroatoms. The number of carbonyl (C=O) groups is 3. The molecule has 2 aromatic carbocycles. The maximum absolute atomic E-state index is 13.1. The Morgan fingerprint density at radius 2 is 1.88 bits per heavy atom. The monoisotopic (exact) mass is 352 g/mol. The molecule has 0 heterocycles. The number of ether oxygens (including phenoxy) is 1. The van der Waals surface area contributed by atoms with Crippen LogP contribution in [-0.2, 0) is 0 Å². The molecule has 0 radical (unpaired) electrons. The predicted octanol–water partition coefficient (Wildman–Crippen LogP) is 3.30. The van der Waals surface area contributed by atoms with Crippen molar-refractivity contribution < 1.29 is 29.3 Å². The summed E-state index contributed by atoms with van der Waals surface area (Å²) in [5.74, 6) is -2.65. The third-order valence-electron chi connectivity index (χ3n) is 4.27. The molecule has 132 valence electrons. The van der Waals surface area contributed by atoms with Gasteiger partial charge >= 0.3 is 5.97 Å². The number of carboxylic acid groups (broad SMARTS) is 1. The molecule has 0 spiro atoms. The molecule has 0 bridgehead atoms.